The number of aromatic amines is 2. The van der Waals surface area contributed by atoms with E-state index < -0.39 is 0 Å². The summed E-state index contributed by atoms with van der Waals surface area (Å²) in [5, 5.41) is 2.88. The molecule has 0 spiro atoms. The number of H-pyrrole nitrogens is 2. The van der Waals surface area contributed by atoms with Crippen molar-refractivity contribution in [3.8, 4) is 5.75 Å². The topological polar surface area (TPSA) is 87.0 Å². The van der Waals surface area contributed by atoms with Crippen molar-refractivity contribution in [2.24, 2.45) is 0 Å². The van der Waals surface area contributed by atoms with Gasteiger partial charge < -0.3 is 20.0 Å². The van der Waals surface area contributed by atoms with Crippen LogP contribution in [0.2, 0.25) is 0 Å². The lowest BCUT2D eigenvalue weighted by Gasteiger charge is -2.24. The molecule has 0 aliphatic heterocycles. The molecule has 6 heteroatoms. The molecule has 1 aliphatic carbocycles. The highest BCUT2D eigenvalue weighted by Crippen LogP contribution is 2.27. The summed E-state index contributed by atoms with van der Waals surface area (Å²) < 4.78 is 6.11. The van der Waals surface area contributed by atoms with E-state index in [0.29, 0.717) is 28.0 Å². The number of amides is 1. The number of anilines is 1. The zero-order chi connectivity index (χ0) is 17.9. The number of carbonyl (C=O) groups excluding carboxylic acids is 1. The number of hydrogen-bond donors (Lipinski definition) is 3. The quantitative estimate of drug-likeness (QED) is 0.668. The summed E-state index contributed by atoms with van der Waals surface area (Å²) in [6, 6.07) is 12.6. The molecule has 1 amide bonds. The second-order valence-corrected chi connectivity index (χ2v) is 6.67. The van der Waals surface area contributed by atoms with Crippen LogP contribution in [-0.2, 0) is 0 Å². The van der Waals surface area contributed by atoms with Gasteiger partial charge in [0.2, 0.25) is 0 Å². The predicted octanol–water partition coefficient (Wildman–Crippen LogP) is 3.82. The lowest BCUT2D eigenvalue weighted by molar-refractivity contribution is 0.101. The van der Waals surface area contributed by atoms with Gasteiger partial charge in [0.15, 0.2) is 0 Å². The maximum Gasteiger partial charge on any atom is 0.323 e. The van der Waals surface area contributed by atoms with Crippen LogP contribution in [0.3, 0.4) is 0 Å². The molecule has 6 nitrogen and oxygen atoms in total. The van der Waals surface area contributed by atoms with E-state index in [4.69, 9.17) is 4.74 Å². The van der Waals surface area contributed by atoms with Gasteiger partial charge >= 0.3 is 5.69 Å². The van der Waals surface area contributed by atoms with Gasteiger partial charge in [0.1, 0.15) is 5.75 Å². The van der Waals surface area contributed by atoms with E-state index in [1.54, 1.807) is 24.3 Å². The van der Waals surface area contributed by atoms with Crippen molar-refractivity contribution >= 4 is 22.6 Å². The molecule has 0 radical (unpaired) electrons. The van der Waals surface area contributed by atoms with Gasteiger partial charge in [0.25, 0.3) is 5.91 Å². The van der Waals surface area contributed by atoms with Gasteiger partial charge in [-0.25, -0.2) is 4.79 Å². The fourth-order valence-corrected chi connectivity index (χ4v) is 3.43. The summed E-state index contributed by atoms with van der Waals surface area (Å²) in [5.41, 5.74) is 2.22. The van der Waals surface area contributed by atoms with Crippen molar-refractivity contribution in [1.82, 2.24) is 9.97 Å². The summed E-state index contributed by atoms with van der Waals surface area (Å²) in [7, 11) is 0. The highest BCUT2D eigenvalue weighted by atomic mass is 16.5. The third kappa shape index (κ3) is 3.49. The van der Waals surface area contributed by atoms with Gasteiger partial charge in [-0.05, 0) is 56.0 Å². The molecule has 1 aromatic heterocycles. The van der Waals surface area contributed by atoms with E-state index in [2.05, 4.69) is 15.3 Å². The van der Waals surface area contributed by atoms with Gasteiger partial charge in [-0.1, -0.05) is 18.6 Å². The molecular formula is C20H21N3O3. The van der Waals surface area contributed by atoms with Crippen molar-refractivity contribution in [3.05, 3.63) is 58.5 Å². The molecule has 0 bridgehead atoms. The van der Waals surface area contributed by atoms with E-state index >= 15 is 0 Å². The molecule has 134 valence electrons. The van der Waals surface area contributed by atoms with Crippen LogP contribution in [0.5, 0.6) is 5.75 Å². The number of rotatable bonds is 4. The highest BCUT2D eigenvalue weighted by molar-refractivity contribution is 6.06. The van der Waals surface area contributed by atoms with Crippen LogP contribution in [0, 0.1) is 0 Å². The zero-order valence-corrected chi connectivity index (χ0v) is 14.4. The lowest BCUT2D eigenvalue weighted by Crippen LogP contribution is -2.22. The predicted molar refractivity (Wildman–Crippen MR) is 101 cm³/mol. The van der Waals surface area contributed by atoms with Crippen molar-refractivity contribution in [2.45, 2.75) is 38.2 Å². The van der Waals surface area contributed by atoms with E-state index in [9.17, 15) is 9.59 Å². The minimum atomic E-state index is -0.269. The van der Waals surface area contributed by atoms with Crippen molar-refractivity contribution in [3.63, 3.8) is 0 Å². The monoisotopic (exact) mass is 351 g/mol. The van der Waals surface area contributed by atoms with Crippen LogP contribution in [0.4, 0.5) is 5.69 Å². The zero-order valence-electron chi connectivity index (χ0n) is 14.4. The average molecular weight is 351 g/mol. The SMILES string of the molecule is O=C(Nc1ccc2[nH]c(=O)[nH]c2c1)c1ccccc1OC1CCCCC1. The first-order chi connectivity index (χ1) is 12.7. The number of nitrogens with one attached hydrogen (secondary N) is 3. The van der Waals surface area contributed by atoms with Gasteiger partial charge in [0, 0.05) is 5.69 Å². The summed E-state index contributed by atoms with van der Waals surface area (Å²) >= 11 is 0. The van der Waals surface area contributed by atoms with Crippen LogP contribution in [0.25, 0.3) is 11.0 Å². The average Bonchev–Trinajstić information content (AvgIpc) is 3.02. The second-order valence-electron chi connectivity index (χ2n) is 6.67. The number of para-hydroxylation sites is 1. The first kappa shape index (κ1) is 16.4. The number of benzene rings is 2. The third-order valence-electron chi connectivity index (χ3n) is 4.75. The maximum atomic E-state index is 12.7. The summed E-state index contributed by atoms with van der Waals surface area (Å²) in [6.45, 7) is 0. The Labute approximate surface area is 150 Å². The molecule has 3 N–H and O–H groups in total. The Balaban J connectivity index is 1.54. The summed E-state index contributed by atoms with van der Waals surface area (Å²) in [4.78, 5) is 29.5. The van der Waals surface area contributed by atoms with E-state index in [0.717, 1.165) is 12.8 Å². The third-order valence-corrected chi connectivity index (χ3v) is 4.75. The van der Waals surface area contributed by atoms with Crippen LogP contribution >= 0.6 is 0 Å². The number of ether oxygens (including phenoxy) is 1. The minimum absolute atomic E-state index is 0.180. The summed E-state index contributed by atoms with van der Waals surface area (Å²) in [6.07, 6.45) is 5.85. The Morgan fingerprint density at radius 2 is 1.77 bits per heavy atom. The Morgan fingerprint density at radius 1 is 1.00 bits per heavy atom. The van der Waals surface area contributed by atoms with E-state index in [-0.39, 0.29) is 17.7 Å². The number of fused-ring (bicyclic) bond motifs is 1. The smallest absolute Gasteiger partial charge is 0.323 e. The van der Waals surface area contributed by atoms with Crippen LogP contribution in [-0.4, -0.2) is 22.0 Å². The van der Waals surface area contributed by atoms with Gasteiger partial charge in [-0.3, -0.25) is 4.79 Å². The highest BCUT2D eigenvalue weighted by Gasteiger charge is 2.19. The molecule has 1 heterocycles. The molecule has 0 atom stereocenters. The van der Waals surface area contributed by atoms with Crippen molar-refractivity contribution in [2.75, 3.05) is 5.32 Å². The molecule has 3 aromatic rings. The Morgan fingerprint density at radius 3 is 2.62 bits per heavy atom. The van der Waals surface area contributed by atoms with Crippen LogP contribution in [0.1, 0.15) is 42.5 Å². The first-order valence-electron chi connectivity index (χ1n) is 8.98. The second kappa shape index (κ2) is 7.07. The lowest BCUT2D eigenvalue weighted by atomic mass is 9.97. The fourth-order valence-electron chi connectivity index (χ4n) is 3.43. The van der Waals surface area contributed by atoms with E-state index in [1.165, 1.54) is 19.3 Å². The molecular weight excluding hydrogens is 330 g/mol. The number of imidazole rings is 1. The molecule has 0 unspecified atom stereocenters. The number of carbonyl (C=O) groups is 1. The van der Waals surface area contributed by atoms with Gasteiger partial charge in [0.05, 0.1) is 22.7 Å². The molecule has 1 saturated carbocycles. The number of hydrogen-bond acceptors (Lipinski definition) is 3. The molecule has 2 aromatic carbocycles. The van der Waals surface area contributed by atoms with Crippen LogP contribution < -0.4 is 15.7 Å². The van der Waals surface area contributed by atoms with Gasteiger partial charge in [-0.2, -0.15) is 0 Å². The van der Waals surface area contributed by atoms with Gasteiger partial charge in [-0.15, -0.1) is 0 Å². The largest absolute Gasteiger partial charge is 0.490 e. The fraction of sp³-hybridized carbons (Fsp3) is 0.300. The molecule has 0 saturated heterocycles. The van der Waals surface area contributed by atoms with Crippen LogP contribution in [0.15, 0.2) is 47.3 Å². The first-order valence-corrected chi connectivity index (χ1v) is 8.98. The van der Waals surface area contributed by atoms with Crippen molar-refractivity contribution in [1.29, 1.82) is 0 Å². The van der Waals surface area contributed by atoms with Crippen molar-refractivity contribution < 1.29 is 9.53 Å². The Kier molecular flexibility index (Phi) is 4.48. The minimum Gasteiger partial charge on any atom is -0.490 e. The van der Waals surface area contributed by atoms with E-state index in [1.807, 2.05) is 18.2 Å². The standard InChI is InChI=1S/C20H21N3O3/c24-19(21-13-10-11-16-17(12-13)23-20(25)22-16)15-8-4-5-9-18(15)26-14-6-2-1-3-7-14/h4-5,8-12,14H,1-3,6-7H2,(H,21,24)(H2,22,23,25). The Hall–Kier alpha value is -3.02. The maximum absolute atomic E-state index is 12.7. The Bertz CT molecular complexity index is 983. The molecule has 26 heavy (non-hydrogen) atoms. The molecule has 1 fully saturated rings. The number of aromatic nitrogens is 2. The summed E-state index contributed by atoms with van der Waals surface area (Å²) in [5.74, 6) is 0.390. The molecule has 4 rings (SSSR count). The molecule has 1 aliphatic rings. The normalized spacial score (nSPS) is 15.1.